The Morgan fingerprint density at radius 1 is 0.600 bits per heavy atom. The van der Waals surface area contributed by atoms with E-state index in [0.717, 1.165) is 58.7 Å². The molecule has 1 aliphatic heterocycles. The SMILES string of the molecule is COCCS(=O)(=O)Nc1cc(-c2ccc(F)cc2F)cc(-c2cnc3cc(-c4cnn(CCN(C)CCOC(=O)Nc5cc(-c6ccc(F)cc6F)cc(-c6cnc7n6C=CC(/C(C=N)=C/NCCONC(=O)Nc6cc(-c8ccc(F)cc8F)cc(-c8cnc9cc(-c%10cnn(C)c%10)ccn89)c6)C7)c5)c4)ccn23)c1. The van der Waals surface area contributed by atoms with Crippen LogP contribution < -0.4 is 26.2 Å². The van der Waals surface area contributed by atoms with Gasteiger partial charge in [-0.1, -0.05) is 6.08 Å². The van der Waals surface area contributed by atoms with E-state index in [2.05, 4.69) is 46.3 Å². The first-order chi connectivity index (χ1) is 53.2. The number of carbonyl (C=O) groups excluding carboxylic acids is 2. The number of methoxy groups -OCH3 is 1. The molecule has 8 heterocycles. The summed E-state index contributed by atoms with van der Waals surface area (Å²) in [5.74, 6) is -4.67. The zero-order valence-corrected chi connectivity index (χ0v) is 59.9. The van der Waals surface area contributed by atoms with Crippen LogP contribution in [-0.4, -0.2) is 139 Å². The highest BCUT2D eigenvalue weighted by Crippen LogP contribution is 2.39. The Morgan fingerprint density at radius 3 is 1.72 bits per heavy atom. The van der Waals surface area contributed by atoms with Crippen LogP contribution >= 0.6 is 0 Å². The predicted molar refractivity (Wildman–Crippen MR) is 406 cm³/mol. The van der Waals surface area contributed by atoms with Crippen molar-refractivity contribution >= 4 is 62.9 Å². The number of ether oxygens (including phenoxy) is 2. The average Bonchev–Trinajstić information content (AvgIpc) is 1.58. The molecule has 1 atom stereocenters. The van der Waals surface area contributed by atoms with Gasteiger partial charge in [0.15, 0.2) is 0 Å². The van der Waals surface area contributed by atoms with E-state index in [4.69, 9.17) is 24.7 Å². The molecule has 0 saturated carbocycles. The summed E-state index contributed by atoms with van der Waals surface area (Å²) >= 11 is 0. The van der Waals surface area contributed by atoms with Gasteiger partial charge >= 0.3 is 12.1 Å². The Bertz CT molecular complexity index is 5850. The summed E-state index contributed by atoms with van der Waals surface area (Å²) in [7, 11) is 1.22. The highest BCUT2D eigenvalue weighted by Gasteiger charge is 2.24. The highest BCUT2D eigenvalue weighted by atomic mass is 32.2. The number of pyridine rings is 2. The van der Waals surface area contributed by atoms with Crippen molar-refractivity contribution in [2.75, 3.05) is 74.7 Å². The fraction of sp³-hybridized carbons (Fsp3) is 0.165. The van der Waals surface area contributed by atoms with Gasteiger partial charge in [0.1, 0.15) is 58.6 Å². The van der Waals surface area contributed by atoms with Crippen molar-refractivity contribution in [1.82, 2.24) is 63.6 Å². The number of hydroxylamine groups is 1. The number of carbonyl (C=O) groups is 2. The quantitative estimate of drug-likeness (QED) is 0.0115. The topological polar surface area (TPSA) is 271 Å². The van der Waals surface area contributed by atoms with Gasteiger partial charge in [0, 0.05) is 169 Å². The van der Waals surface area contributed by atoms with Gasteiger partial charge in [0.25, 0.3) is 0 Å². The molecule has 1 aliphatic rings. The number of aromatic nitrogens is 10. The van der Waals surface area contributed by atoms with Crippen molar-refractivity contribution < 1.29 is 58.7 Å². The molecule has 24 nitrogen and oxygen atoms in total. The lowest BCUT2D eigenvalue weighted by atomic mass is 9.94. The van der Waals surface area contributed by atoms with Gasteiger partial charge in [0.2, 0.25) is 10.0 Å². The van der Waals surface area contributed by atoms with Crippen LogP contribution in [0.1, 0.15) is 5.82 Å². The van der Waals surface area contributed by atoms with E-state index in [1.165, 1.54) is 37.6 Å². The standard InChI is InChI=1S/C79H69F6N17O7S/c1-97(17-18-99-47-59(42-92-99)50-12-16-102-74(45-90-77(102)35-50)56-26-53(68-9-6-62(82)38-71(68)85)29-65(32-56)96-110(105,106)23-22-107-3)19-21-108-79(104)94-64-28-52(67-8-5-61(81)37-70(67)84)25-55(31-64)73-44-88-75-33-48(10-14-100(73)75)57(39-86)40-87-13-20-109-95-78(103)93-63-27-51(66-7-4-60(80)36-69(66)83)24-54(30-63)72-43-89-76-34-49(11-15-101(72)76)58-41-91-98(2)46-58/h4-12,14-16,24-32,34-48,86-87,96H,13,17-23,33H2,1-3H3,(H,94,104)(H2,93,95,103)/b57-40+,86-39?. The second kappa shape index (κ2) is 32.2. The van der Waals surface area contributed by atoms with Crippen molar-refractivity contribution in [3.8, 4) is 89.4 Å². The number of urea groups is 1. The molecule has 1 unspecified atom stereocenters. The Labute approximate surface area is 625 Å². The second-order valence-electron chi connectivity index (χ2n) is 25.9. The van der Waals surface area contributed by atoms with E-state index in [0.29, 0.717) is 99.2 Å². The molecule has 6 N–H and O–H groups in total. The molecule has 0 bridgehead atoms. The summed E-state index contributed by atoms with van der Waals surface area (Å²) < 4.78 is 136. The number of rotatable bonds is 28. The first-order valence-electron chi connectivity index (χ1n) is 34.4. The number of amides is 3. The Balaban J connectivity index is 0.572. The molecule has 0 saturated heterocycles. The number of halogens is 6. The summed E-state index contributed by atoms with van der Waals surface area (Å²) in [5.41, 5.74) is 12.9. The van der Waals surface area contributed by atoms with Gasteiger partial charge in [-0.05, 0) is 156 Å². The third-order valence-corrected chi connectivity index (χ3v) is 19.6. The van der Waals surface area contributed by atoms with Crippen LogP contribution in [0.2, 0.25) is 0 Å². The summed E-state index contributed by atoms with van der Waals surface area (Å²) in [5, 5.41) is 25.8. The number of likely N-dealkylation sites (N-methyl/N-ethyl adjacent to an activating group) is 1. The van der Waals surface area contributed by atoms with Crippen LogP contribution in [0.15, 0.2) is 207 Å². The number of anilines is 3. The van der Waals surface area contributed by atoms with Gasteiger partial charge in [-0.15, -0.1) is 0 Å². The number of benzene rings is 6. The normalized spacial score (nSPS) is 12.9. The van der Waals surface area contributed by atoms with Crippen LogP contribution in [0.5, 0.6) is 0 Å². The lowest BCUT2D eigenvalue weighted by Gasteiger charge is -2.20. The summed E-state index contributed by atoms with van der Waals surface area (Å²) in [4.78, 5) is 48.2. The van der Waals surface area contributed by atoms with Crippen LogP contribution in [0.25, 0.3) is 107 Å². The fourth-order valence-electron chi connectivity index (χ4n) is 12.8. The van der Waals surface area contributed by atoms with E-state index in [1.807, 2.05) is 89.3 Å². The zero-order valence-electron chi connectivity index (χ0n) is 59.1. The summed E-state index contributed by atoms with van der Waals surface area (Å²) in [6, 6.07) is 31.2. The molecule has 6 aromatic carbocycles. The number of sulfonamides is 1. The van der Waals surface area contributed by atoms with Gasteiger partial charge in [-0.3, -0.25) is 33.0 Å². The maximum Gasteiger partial charge on any atom is 0.411 e. The minimum absolute atomic E-state index is 0.000803. The number of nitrogens with one attached hydrogen (secondary N) is 6. The van der Waals surface area contributed by atoms with Gasteiger partial charge in [0.05, 0.1) is 73.6 Å². The molecule has 31 heteroatoms. The maximum absolute atomic E-state index is 15.5. The first kappa shape index (κ1) is 73.9. The van der Waals surface area contributed by atoms with E-state index in [1.54, 1.807) is 99.5 Å². The maximum atomic E-state index is 15.5. The number of hydrogen-bond acceptors (Lipinski definition) is 15. The third kappa shape index (κ3) is 17.0. The molecule has 3 amide bonds. The summed E-state index contributed by atoms with van der Waals surface area (Å²) in [6.45, 7) is 1.49. The van der Waals surface area contributed by atoms with E-state index in [9.17, 15) is 31.2 Å². The van der Waals surface area contributed by atoms with Crippen LogP contribution in [-0.2, 0) is 44.3 Å². The van der Waals surface area contributed by atoms with E-state index in [-0.39, 0.29) is 71.8 Å². The Hall–Kier alpha value is -13.0. The molecule has 0 radical (unpaired) electrons. The van der Waals surface area contributed by atoms with Gasteiger partial charge in [-0.2, -0.15) is 10.2 Å². The lowest BCUT2D eigenvalue weighted by molar-refractivity contribution is 0.0692. The number of hydrogen-bond donors (Lipinski definition) is 6. The monoisotopic (exact) mass is 1510 g/mol. The fourth-order valence-corrected chi connectivity index (χ4v) is 13.8. The van der Waals surface area contributed by atoms with E-state index < -0.39 is 57.1 Å². The minimum atomic E-state index is -3.86. The number of imidazole rings is 3. The van der Waals surface area contributed by atoms with Crippen LogP contribution in [0.3, 0.4) is 0 Å². The van der Waals surface area contributed by atoms with Crippen molar-refractivity contribution in [2.45, 2.75) is 13.0 Å². The van der Waals surface area contributed by atoms with Gasteiger partial charge in [-0.25, -0.2) is 64.8 Å². The molecule has 0 fully saturated rings. The number of nitrogens with zero attached hydrogens (tertiary/aromatic N) is 11. The lowest BCUT2D eigenvalue weighted by Crippen LogP contribution is -2.31. The first-order valence-corrected chi connectivity index (χ1v) is 36.1. The molecular formula is C79H69F6N17O7S. The predicted octanol–water partition coefficient (Wildman–Crippen LogP) is 14.4. The largest absolute Gasteiger partial charge is 0.448 e. The molecule has 0 aliphatic carbocycles. The second-order valence-corrected chi connectivity index (χ2v) is 27.8. The number of fused-ring (bicyclic) bond motifs is 3. The van der Waals surface area contributed by atoms with Crippen molar-refractivity contribution in [1.29, 1.82) is 5.41 Å². The Kier molecular flexibility index (Phi) is 21.7. The number of aryl methyl sites for hydroxylation is 1. The highest BCUT2D eigenvalue weighted by molar-refractivity contribution is 7.92. The summed E-state index contributed by atoms with van der Waals surface area (Å²) in [6.07, 6.45) is 22.0. The minimum Gasteiger partial charge on any atom is -0.448 e. The molecule has 560 valence electrons. The molecular weight excluding hydrogens is 1450 g/mol. The van der Waals surface area contributed by atoms with E-state index >= 15 is 13.2 Å². The number of allylic oxidation sites excluding steroid dienone is 2. The molecule has 110 heavy (non-hydrogen) atoms. The zero-order chi connectivity index (χ0) is 76.7. The molecule has 7 aromatic heterocycles. The third-order valence-electron chi connectivity index (χ3n) is 18.3. The van der Waals surface area contributed by atoms with Crippen molar-refractivity contribution in [3.63, 3.8) is 0 Å². The van der Waals surface area contributed by atoms with Gasteiger partial charge < -0.3 is 35.0 Å². The molecule has 13 aromatic rings. The smallest absolute Gasteiger partial charge is 0.411 e. The molecule has 0 spiro atoms. The van der Waals surface area contributed by atoms with Crippen molar-refractivity contribution in [2.24, 2.45) is 13.0 Å². The van der Waals surface area contributed by atoms with Crippen LogP contribution in [0, 0.1) is 46.2 Å². The van der Waals surface area contributed by atoms with Crippen LogP contribution in [0.4, 0.5) is 53.0 Å². The Morgan fingerprint density at radius 2 is 1.15 bits per heavy atom. The average molecular weight is 1510 g/mol. The molecule has 14 rings (SSSR count). The van der Waals surface area contributed by atoms with Crippen molar-refractivity contribution in [3.05, 3.63) is 248 Å².